The summed E-state index contributed by atoms with van der Waals surface area (Å²) in [6, 6.07) is 8.05. The van der Waals surface area contributed by atoms with Gasteiger partial charge < -0.3 is 9.88 Å². The summed E-state index contributed by atoms with van der Waals surface area (Å²) < 4.78 is 0. The van der Waals surface area contributed by atoms with Crippen LogP contribution in [0.15, 0.2) is 42.9 Å². The Hall–Kier alpha value is -3.81. The number of aromatic amines is 2. The van der Waals surface area contributed by atoms with E-state index >= 15 is 0 Å². The van der Waals surface area contributed by atoms with E-state index in [-0.39, 0.29) is 0 Å². The third kappa shape index (κ3) is 3.02. The van der Waals surface area contributed by atoms with Gasteiger partial charge in [-0.2, -0.15) is 5.10 Å². The Balaban J connectivity index is 1.47. The van der Waals surface area contributed by atoms with Gasteiger partial charge in [-0.1, -0.05) is 0 Å². The minimum Gasteiger partial charge on any atom is -0.370 e. The molecular weight excluding hydrogens is 388 g/mol. The second-order valence-electron chi connectivity index (χ2n) is 8.02. The van der Waals surface area contributed by atoms with E-state index in [1.54, 1.807) is 6.20 Å². The van der Waals surface area contributed by atoms with Gasteiger partial charge in [0.15, 0.2) is 17.2 Å². The number of piperidine rings is 1. The van der Waals surface area contributed by atoms with Crippen LogP contribution < -0.4 is 4.90 Å². The number of nitrogens with one attached hydrogen (secondary N) is 2. The molecule has 31 heavy (non-hydrogen) atoms. The summed E-state index contributed by atoms with van der Waals surface area (Å²) in [6.45, 7) is 4.19. The van der Waals surface area contributed by atoms with Crippen molar-refractivity contribution >= 4 is 27.9 Å². The molecule has 6 rings (SSSR count). The predicted molar refractivity (Wildman–Crippen MR) is 121 cm³/mol. The first-order valence-corrected chi connectivity index (χ1v) is 10.6. The van der Waals surface area contributed by atoms with Gasteiger partial charge >= 0.3 is 0 Å². The number of hydrogen-bond acceptors (Lipinski definition) is 6. The number of aryl methyl sites for hydroxylation is 1. The van der Waals surface area contributed by atoms with Crippen LogP contribution in [0.25, 0.3) is 45.0 Å². The lowest BCUT2D eigenvalue weighted by atomic mass is 10.1. The number of nitrogens with zero attached hydrogens (tertiary/aromatic N) is 6. The van der Waals surface area contributed by atoms with Gasteiger partial charge in [-0.3, -0.25) is 10.1 Å². The molecule has 1 saturated heterocycles. The third-order valence-corrected chi connectivity index (χ3v) is 6.01. The van der Waals surface area contributed by atoms with E-state index in [4.69, 9.17) is 9.97 Å². The molecule has 2 N–H and O–H groups in total. The van der Waals surface area contributed by atoms with Crippen molar-refractivity contribution in [2.24, 2.45) is 0 Å². The normalized spacial score (nSPS) is 14.5. The van der Waals surface area contributed by atoms with E-state index in [1.165, 1.54) is 19.3 Å². The molecule has 0 unspecified atom stereocenters. The lowest BCUT2D eigenvalue weighted by molar-refractivity contribution is 0.578. The second-order valence-corrected chi connectivity index (χ2v) is 8.02. The van der Waals surface area contributed by atoms with Crippen LogP contribution in [0.4, 0.5) is 5.69 Å². The number of fused-ring (bicyclic) bond motifs is 2. The van der Waals surface area contributed by atoms with Gasteiger partial charge in [-0.25, -0.2) is 15.0 Å². The lowest BCUT2D eigenvalue weighted by Crippen LogP contribution is -2.29. The Bertz CT molecular complexity index is 1390. The van der Waals surface area contributed by atoms with Crippen molar-refractivity contribution < 1.29 is 0 Å². The predicted octanol–water partition coefficient (Wildman–Crippen LogP) is 4.26. The van der Waals surface area contributed by atoms with Crippen LogP contribution in [-0.2, 0) is 0 Å². The fraction of sp³-hybridized carbons (Fsp3) is 0.261. The summed E-state index contributed by atoms with van der Waals surface area (Å²) in [5.41, 5.74) is 8.15. The van der Waals surface area contributed by atoms with Crippen molar-refractivity contribution in [1.29, 1.82) is 0 Å². The molecule has 0 amide bonds. The summed E-state index contributed by atoms with van der Waals surface area (Å²) >= 11 is 0. The van der Waals surface area contributed by atoms with Gasteiger partial charge in [0.25, 0.3) is 0 Å². The molecule has 8 heteroatoms. The quantitative estimate of drug-likeness (QED) is 0.461. The fourth-order valence-corrected chi connectivity index (χ4v) is 4.35. The molecular formula is C23H22N8. The van der Waals surface area contributed by atoms with Crippen molar-refractivity contribution in [1.82, 2.24) is 35.1 Å². The van der Waals surface area contributed by atoms with Crippen LogP contribution in [0.2, 0.25) is 0 Å². The molecule has 0 radical (unpaired) electrons. The maximum atomic E-state index is 4.90. The lowest BCUT2D eigenvalue weighted by Gasteiger charge is -2.28. The largest absolute Gasteiger partial charge is 0.370 e. The van der Waals surface area contributed by atoms with E-state index in [1.807, 2.05) is 30.6 Å². The van der Waals surface area contributed by atoms with E-state index < -0.39 is 0 Å². The maximum Gasteiger partial charge on any atom is 0.180 e. The summed E-state index contributed by atoms with van der Waals surface area (Å²) in [5.74, 6) is 0.672. The average molecular weight is 410 g/mol. The summed E-state index contributed by atoms with van der Waals surface area (Å²) in [7, 11) is 0. The fourth-order valence-electron chi connectivity index (χ4n) is 4.35. The van der Waals surface area contributed by atoms with Crippen LogP contribution in [0.3, 0.4) is 0 Å². The zero-order valence-electron chi connectivity index (χ0n) is 17.3. The summed E-state index contributed by atoms with van der Waals surface area (Å²) in [5, 5.41) is 7.61. The van der Waals surface area contributed by atoms with E-state index in [0.29, 0.717) is 17.2 Å². The molecule has 0 saturated carbocycles. The molecule has 1 aliphatic heterocycles. The van der Waals surface area contributed by atoms with Gasteiger partial charge in [-0.05, 0) is 56.0 Å². The summed E-state index contributed by atoms with van der Waals surface area (Å²) in [6.07, 6.45) is 9.20. The van der Waals surface area contributed by atoms with Crippen LogP contribution in [0, 0.1) is 6.92 Å². The smallest absolute Gasteiger partial charge is 0.180 e. The molecule has 154 valence electrons. The molecule has 1 fully saturated rings. The first-order chi connectivity index (χ1) is 15.3. The van der Waals surface area contributed by atoms with E-state index in [9.17, 15) is 0 Å². The highest BCUT2D eigenvalue weighted by molar-refractivity contribution is 5.93. The highest BCUT2D eigenvalue weighted by atomic mass is 15.2. The summed E-state index contributed by atoms with van der Waals surface area (Å²) in [4.78, 5) is 24.3. The number of rotatable bonds is 3. The van der Waals surface area contributed by atoms with Crippen LogP contribution >= 0.6 is 0 Å². The Kier molecular flexibility index (Phi) is 4.15. The maximum absolute atomic E-state index is 4.90. The number of anilines is 1. The molecule has 8 nitrogen and oxygen atoms in total. The number of aromatic nitrogens is 7. The number of hydrogen-bond donors (Lipinski definition) is 2. The molecule has 6 heterocycles. The van der Waals surface area contributed by atoms with Gasteiger partial charge in [0, 0.05) is 37.2 Å². The van der Waals surface area contributed by atoms with Crippen molar-refractivity contribution in [3.63, 3.8) is 0 Å². The molecule has 1 aliphatic rings. The molecule has 5 aromatic rings. The molecule has 0 atom stereocenters. The zero-order chi connectivity index (χ0) is 20.8. The van der Waals surface area contributed by atoms with E-state index in [0.717, 1.165) is 52.1 Å². The Labute approximate surface area is 178 Å². The monoisotopic (exact) mass is 410 g/mol. The molecule has 0 bridgehead atoms. The van der Waals surface area contributed by atoms with Crippen LogP contribution in [0.5, 0.6) is 0 Å². The molecule has 0 aromatic carbocycles. The van der Waals surface area contributed by atoms with Crippen molar-refractivity contribution in [2.45, 2.75) is 26.2 Å². The highest BCUT2D eigenvalue weighted by Gasteiger charge is 2.20. The van der Waals surface area contributed by atoms with Gasteiger partial charge in [-0.15, -0.1) is 0 Å². The van der Waals surface area contributed by atoms with Crippen molar-refractivity contribution in [2.75, 3.05) is 18.0 Å². The van der Waals surface area contributed by atoms with Crippen molar-refractivity contribution in [3.8, 4) is 22.8 Å². The number of pyridine rings is 3. The van der Waals surface area contributed by atoms with Crippen LogP contribution in [0.1, 0.15) is 24.8 Å². The van der Waals surface area contributed by atoms with E-state index in [2.05, 4.69) is 43.0 Å². The highest BCUT2D eigenvalue weighted by Crippen LogP contribution is 2.31. The van der Waals surface area contributed by atoms with Gasteiger partial charge in [0.1, 0.15) is 11.0 Å². The Morgan fingerprint density at radius 3 is 2.74 bits per heavy atom. The Morgan fingerprint density at radius 1 is 0.968 bits per heavy atom. The molecule has 5 aromatic heterocycles. The average Bonchev–Trinajstić information content (AvgIpc) is 3.43. The second kappa shape index (κ2) is 7.16. The van der Waals surface area contributed by atoms with Gasteiger partial charge in [0.05, 0.1) is 16.9 Å². The molecule has 0 aliphatic carbocycles. The van der Waals surface area contributed by atoms with Crippen LogP contribution in [-0.4, -0.2) is 48.2 Å². The Morgan fingerprint density at radius 2 is 1.87 bits per heavy atom. The van der Waals surface area contributed by atoms with Crippen molar-refractivity contribution in [3.05, 3.63) is 48.4 Å². The zero-order valence-corrected chi connectivity index (χ0v) is 17.3. The number of H-pyrrole nitrogens is 2. The third-order valence-electron chi connectivity index (χ3n) is 6.01. The molecule has 0 spiro atoms. The first kappa shape index (κ1) is 18.0. The topological polar surface area (TPSA) is 99.3 Å². The first-order valence-electron chi connectivity index (χ1n) is 10.6. The van der Waals surface area contributed by atoms with Gasteiger partial charge in [0.2, 0.25) is 0 Å². The minimum atomic E-state index is 0.672. The standard InChI is InChI=1S/C23H22N8/c1-14-7-9-24-13-15(14)16-5-6-17-19(26-16)21(30-29-17)23-27-20-18(8-10-25-22(20)28-23)31-11-3-2-4-12-31/h5-10,13H,2-4,11-12H2,1H3,(H,29,30)(H,25,27,28). The number of imidazole rings is 1. The minimum absolute atomic E-state index is 0.672. The SMILES string of the molecule is Cc1ccncc1-c1ccc2[nH]nc(-c3nc4nccc(N5CCCCC5)c4[nH]3)c2n1.